The summed E-state index contributed by atoms with van der Waals surface area (Å²) in [5.41, 5.74) is 2.35. The first-order chi connectivity index (χ1) is 9.85. The zero-order valence-corrected chi connectivity index (χ0v) is 13.4. The number of rotatable bonds is 6. The molecule has 1 aromatic carbocycles. The summed E-state index contributed by atoms with van der Waals surface area (Å²) < 4.78 is 0. The molecule has 0 radical (unpaired) electrons. The van der Waals surface area contributed by atoms with Gasteiger partial charge in [-0.3, -0.25) is 9.59 Å². The summed E-state index contributed by atoms with van der Waals surface area (Å²) in [4.78, 5) is 24.1. The van der Waals surface area contributed by atoms with Gasteiger partial charge in [0.05, 0.1) is 5.56 Å². The van der Waals surface area contributed by atoms with E-state index in [9.17, 15) is 9.59 Å². The van der Waals surface area contributed by atoms with E-state index in [0.29, 0.717) is 18.0 Å². The van der Waals surface area contributed by atoms with Gasteiger partial charge in [-0.25, -0.2) is 0 Å². The zero-order valence-electron chi connectivity index (χ0n) is 13.4. The predicted molar refractivity (Wildman–Crippen MR) is 85.5 cm³/mol. The molecule has 0 aromatic heterocycles. The van der Waals surface area contributed by atoms with Crippen molar-refractivity contribution < 1.29 is 9.59 Å². The highest BCUT2D eigenvalue weighted by Gasteiger charge is 2.18. The molecule has 5 heteroatoms. The molecule has 0 heterocycles. The van der Waals surface area contributed by atoms with E-state index in [1.807, 2.05) is 32.9 Å². The van der Waals surface area contributed by atoms with Crippen LogP contribution in [0, 0.1) is 12.8 Å². The van der Waals surface area contributed by atoms with Crippen LogP contribution in [0.25, 0.3) is 0 Å². The molecule has 1 aromatic rings. The van der Waals surface area contributed by atoms with Crippen LogP contribution in [0.5, 0.6) is 0 Å². The molecule has 0 bridgehead atoms. The summed E-state index contributed by atoms with van der Waals surface area (Å²) in [6, 6.07) is 4.97. The SMILES string of the molecule is CNc1cc(C)ccc1C(=O)NC(C)C(=O)NCC(C)C. The summed E-state index contributed by atoms with van der Waals surface area (Å²) in [5.74, 6) is -0.0495. The Morgan fingerprint density at radius 1 is 1.19 bits per heavy atom. The largest absolute Gasteiger partial charge is 0.387 e. The van der Waals surface area contributed by atoms with Crippen molar-refractivity contribution in [2.45, 2.75) is 33.7 Å². The van der Waals surface area contributed by atoms with Crippen LogP contribution in [-0.2, 0) is 4.79 Å². The number of hydrogen-bond acceptors (Lipinski definition) is 3. The maximum Gasteiger partial charge on any atom is 0.254 e. The monoisotopic (exact) mass is 291 g/mol. The van der Waals surface area contributed by atoms with Crippen molar-refractivity contribution in [3.63, 3.8) is 0 Å². The molecule has 2 amide bonds. The number of aryl methyl sites for hydroxylation is 1. The Morgan fingerprint density at radius 3 is 2.43 bits per heavy atom. The van der Waals surface area contributed by atoms with Crippen LogP contribution in [0.2, 0.25) is 0 Å². The molecule has 0 fully saturated rings. The highest BCUT2D eigenvalue weighted by Crippen LogP contribution is 2.17. The highest BCUT2D eigenvalue weighted by molar-refractivity contribution is 6.01. The number of amides is 2. The second kappa shape index (κ2) is 7.67. The van der Waals surface area contributed by atoms with E-state index >= 15 is 0 Å². The summed E-state index contributed by atoms with van der Waals surface area (Å²) in [6.45, 7) is 8.29. The second-order valence-corrected chi connectivity index (χ2v) is 5.63. The van der Waals surface area contributed by atoms with E-state index in [4.69, 9.17) is 0 Å². The number of carbonyl (C=O) groups excluding carboxylic acids is 2. The molecule has 0 saturated heterocycles. The molecular weight excluding hydrogens is 266 g/mol. The average molecular weight is 291 g/mol. The zero-order chi connectivity index (χ0) is 16.0. The quantitative estimate of drug-likeness (QED) is 0.750. The van der Waals surface area contributed by atoms with E-state index < -0.39 is 6.04 Å². The molecule has 0 aliphatic carbocycles. The van der Waals surface area contributed by atoms with Gasteiger partial charge in [0.15, 0.2) is 0 Å². The minimum absolute atomic E-state index is 0.171. The van der Waals surface area contributed by atoms with Gasteiger partial charge in [0.25, 0.3) is 5.91 Å². The van der Waals surface area contributed by atoms with Crippen LogP contribution in [0.15, 0.2) is 18.2 Å². The van der Waals surface area contributed by atoms with Gasteiger partial charge in [0, 0.05) is 19.3 Å². The van der Waals surface area contributed by atoms with Crippen molar-refractivity contribution in [1.82, 2.24) is 10.6 Å². The first-order valence-electron chi connectivity index (χ1n) is 7.22. The third kappa shape index (κ3) is 5.10. The lowest BCUT2D eigenvalue weighted by Gasteiger charge is -2.16. The van der Waals surface area contributed by atoms with Crippen LogP contribution in [-0.4, -0.2) is 31.4 Å². The third-order valence-electron chi connectivity index (χ3n) is 3.11. The molecule has 1 unspecified atom stereocenters. The number of anilines is 1. The Bertz CT molecular complexity index is 512. The van der Waals surface area contributed by atoms with E-state index in [1.165, 1.54) is 0 Å². The number of carbonyl (C=O) groups is 2. The van der Waals surface area contributed by atoms with Crippen LogP contribution in [0.1, 0.15) is 36.7 Å². The highest BCUT2D eigenvalue weighted by atomic mass is 16.2. The molecule has 0 aliphatic rings. The lowest BCUT2D eigenvalue weighted by molar-refractivity contribution is -0.122. The number of nitrogens with one attached hydrogen (secondary N) is 3. The molecule has 21 heavy (non-hydrogen) atoms. The summed E-state index contributed by atoms with van der Waals surface area (Å²) >= 11 is 0. The van der Waals surface area contributed by atoms with Crippen molar-refractivity contribution in [2.75, 3.05) is 18.9 Å². The molecule has 0 aliphatic heterocycles. The van der Waals surface area contributed by atoms with Crippen LogP contribution in [0.3, 0.4) is 0 Å². The van der Waals surface area contributed by atoms with Gasteiger partial charge in [0.2, 0.25) is 5.91 Å². The van der Waals surface area contributed by atoms with Crippen LogP contribution in [0.4, 0.5) is 5.69 Å². The molecule has 1 rings (SSSR count). The Balaban J connectivity index is 2.70. The Hall–Kier alpha value is -2.04. The Kier molecular flexibility index (Phi) is 6.21. The van der Waals surface area contributed by atoms with Gasteiger partial charge < -0.3 is 16.0 Å². The summed E-state index contributed by atoms with van der Waals surface area (Å²) in [5, 5.41) is 8.53. The van der Waals surface area contributed by atoms with Crippen molar-refractivity contribution in [1.29, 1.82) is 0 Å². The van der Waals surface area contributed by atoms with Gasteiger partial charge in [-0.05, 0) is 37.5 Å². The van der Waals surface area contributed by atoms with E-state index in [1.54, 1.807) is 20.0 Å². The van der Waals surface area contributed by atoms with Gasteiger partial charge >= 0.3 is 0 Å². The maximum atomic E-state index is 12.3. The van der Waals surface area contributed by atoms with Gasteiger partial charge in [-0.2, -0.15) is 0 Å². The molecule has 3 N–H and O–H groups in total. The predicted octanol–water partition coefficient (Wildman–Crippen LogP) is 1.93. The summed E-state index contributed by atoms with van der Waals surface area (Å²) in [6.07, 6.45) is 0. The van der Waals surface area contributed by atoms with Crippen molar-refractivity contribution in [2.24, 2.45) is 5.92 Å². The van der Waals surface area contributed by atoms with Crippen molar-refractivity contribution in [3.8, 4) is 0 Å². The number of hydrogen-bond donors (Lipinski definition) is 3. The first-order valence-corrected chi connectivity index (χ1v) is 7.22. The van der Waals surface area contributed by atoms with Gasteiger partial charge in [-0.1, -0.05) is 19.9 Å². The molecule has 5 nitrogen and oxygen atoms in total. The third-order valence-corrected chi connectivity index (χ3v) is 3.11. The molecule has 1 atom stereocenters. The van der Waals surface area contributed by atoms with Crippen molar-refractivity contribution >= 4 is 17.5 Å². The average Bonchev–Trinajstić information content (AvgIpc) is 2.43. The van der Waals surface area contributed by atoms with Gasteiger partial charge in [0.1, 0.15) is 6.04 Å². The topological polar surface area (TPSA) is 70.2 Å². The molecular formula is C16H25N3O2. The van der Waals surface area contributed by atoms with E-state index in [-0.39, 0.29) is 11.8 Å². The second-order valence-electron chi connectivity index (χ2n) is 5.63. The standard InChI is InChI=1S/C16H25N3O2/c1-10(2)9-18-15(20)12(4)19-16(21)13-7-6-11(3)8-14(13)17-5/h6-8,10,12,17H,9H2,1-5H3,(H,18,20)(H,19,21). The molecule has 0 spiro atoms. The van der Waals surface area contributed by atoms with Crippen LogP contribution < -0.4 is 16.0 Å². The fourth-order valence-electron chi connectivity index (χ4n) is 1.86. The normalized spacial score (nSPS) is 11.9. The Labute approximate surface area is 126 Å². The molecule has 116 valence electrons. The fraction of sp³-hybridized carbons (Fsp3) is 0.500. The minimum atomic E-state index is -0.567. The summed E-state index contributed by atoms with van der Waals surface area (Å²) in [7, 11) is 1.77. The fourth-order valence-corrected chi connectivity index (χ4v) is 1.86. The van der Waals surface area contributed by atoms with E-state index in [0.717, 1.165) is 11.3 Å². The Morgan fingerprint density at radius 2 is 1.86 bits per heavy atom. The van der Waals surface area contributed by atoms with E-state index in [2.05, 4.69) is 16.0 Å². The van der Waals surface area contributed by atoms with Crippen LogP contribution >= 0.6 is 0 Å². The first kappa shape index (κ1) is 17.0. The number of benzene rings is 1. The minimum Gasteiger partial charge on any atom is -0.387 e. The lowest BCUT2D eigenvalue weighted by atomic mass is 10.1. The lowest BCUT2D eigenvalue weighted by Crippen LogP contribution is -2.45. The smallest absolute Gasteiger partial charge is 0.254 e. The molecule has 0 saturated carbocycles. The van der Waals surface area contributed by atoms with Crippen molar-refractivity contribution in [3.05, 3.63) is 29.3 Å². The van der Waals surface area contributed by atoms with Gasteiger partial charge in [-0.15, -0.1) is 0 Å². The maximum absolute atomic E-state index is 12.3.